The van der Waals surface area contributed by atoms with E-state index in [2.05, 4.69) is 9.97 Å². The molecule has 0 aliphatic rings. The largest absolute Gasteiger partial charge is 0.412 e. The molecule has 0 aliphatic carbocycles. The fourth-order valence-corrected chi connectivity index (χ4v) is 1.93. The van der Waals surface area contributed by atoms with Crippen LogP contribution in [0, 0.1) is 10.1 Å². The van der Waals surface area contributed by atoms with Gasteiger partial charge in [-0.25, -0.2) is 0 Å². The molecule has 2 aromatic heterocycles. The number of pyridine rings is 2. The van der Waals surface area contributed by atoms with Crippen LogP contribution in [0.4, 0.5) is 5.82 Å². The lowest BCUT2D eigenvalue weighted by molar-refractivity contribution is -0.390. The summed E-state index contributed by atoms with van der Waals surface area (Å²) in [5.41, 5.74) is 0.431. The molecule has 0 unspecified atom stereocenters. The van der Waals surface area contributed by atoms with Gasteiger partial charge in [0, 0.05) is 23.0 Å². The average molecular weight is 241 g/mol. The molecule has 88 valence electrons. The van der Waals surface area contributed by atoms with Crippen LogP contribution >= 0.6 is 0 Å². The van der Waals surface area contributed by atoms with Gasteiger partial charge in [0.25, 0.3) is 5.43 Å². The first-order chi connectivity index (χ1) is 8.66. The first-order valence-electron chi connectivity index (χ1n) is 5.22. The number of nitro groups is 1. The van der Waals surface area contributed by atoms with Crippen molar-refractivity contribution in [1.29, 1.82) is 0 Å². The Balaban J connectivity index is 2.53. The molecule has 0 aliphatic heterocycles. The van der Waals surface area contributed by atoms with E-state index in [4.69, 9.17) is 0 Å². The Morgan fingerprint density at radius 3 is 2.78 bits per heavy atom. The molecule has 0 fully saturated rings. The van der Waals surface area contributed by atoms with E-state index in [-0.39, 0.29) is 0 Å². The van der Waals surface area contributed by atoms with Gasteiger partial charge in [0.1, 0.15) is 0 Å². The molecule has 0 bridgehead atoms. The molecule has 3 aromatic rings. The molecule has 0 saturated heterocycles. The molecule has 0 radical (unpaired) electrons. The van der Waals surface area contributed by atoms with Crippen LogP contribution in [0.1, 0.15) is 0 Å². The van der Waals surface area contributed by atoms with Gasteiger partial charge in [-0.05, 0) is 22.0 Å². The Kier molecular flexibility index (Phi) is 2.09. The molecular weight excluding hydrogens is 234 g/mol. The summed E-state index contributed by atoms with van der Waals surface area (Å²) in [6.45, 7) is 0. The molecule has 6 heteroatoms. The average Bonchev–Trinajstić information content (AvgIpc) is 2.37. The van der Waals surface area contributed by atoms with Crippen LogP contribution < -0.4 is 5.43 Å². The number of nitrogens with zero attached hydrogens (tertiary/aromatic N) is 2. The molecule has 1 aromatic carbocycles. The molecule has 2 heterocycles. The number of hydrogen-bond acceptors (Lipinski definition) is 4. The quantitative estimate of drug-likeness (QED) is 0.400. The summed E-state index contributed by atoms with van der Waals surface area (Å²) in [5.74, 6) is -0.646. The van der Waals surface area contributed by atoms with Crippen LogP contribution in [0.3, 0.4) is 0 Å². The SMILES string of the molecule is O=c1cc2ccc3ccc[nH]c3c2nc1[N+](=O)[O-]. The van der Waals surface area contributed by atoms with E-state index in [1.807, 2.05) is 18.2 Å². The van der Waals surface area contributed by atoms with Crippen molar-refractivity contribution >= 4 is 27.6 Å². The standard InChI is InChI=1S/C12H7N3O3/c16-9-6-8-4-3-7-2-1-5-13-10(7)11(8)14-12(9)15(17)18/h1-6,13H. The van der Waals surface area contributed by atoms with Gasteiger partial charge < -0.3 is 15.1 Å². The zero-order valence-corrected chi connectivity index (χ0v) is 9.08. The summed E-state index contributed by atoms with van der Waals surface area (Å²) in [4.78, 5) is 28.3. The van der Waals surface area contributed by atoms with Gasteiger partial charge >= 0.3 is 5.82 Å². The monoisotopic (exact) mass is 241 g/mol. The first-order valence-corrected chi connectivity index (χ1v) is 5.22. The van der Waals surface area contributed by atoms with E-state index in [9.17, 15) is 14.9 Å². The van der Waals surface area contributed by atoms with Crippen molar-refractivity contribution < 1.29 is 4.92 Å². The fourth-order valence-electron chi connectivity index (χ4n) is 1.93. The normalized spacial score (nSPS) is 10.9. The Morgan fingerprint density at radius 2 is 2.00 bits per heavy atom. The Hall–Kier alpha value is -2.76. The summed E-state index contributed by atoms with van der Waals surface area (Å²) in [7, 11) is 0. The van der Waals surface area contributed by atoms with Crippen molar-refractivity contribution in [2.75, 3.05) is 0 Å². The van der Waals surface area contributed by atoms with Crippen molar-refractivity contribution in [3.05, 3.63) is 56.9 Å². The van der Waals surface area contributed by atoms with E-state index in [0.717, 1.165) is 5.39 Å². The lowest BCUT2D eigenvalue weighted by atomic mass is 10.1. The van der Waals surface area contributed by atoms with Crippen LogP contribution in [0.25, 0.3) is 21.8 Å². The molecule has 18 heavy (non-hydrogen) atoms. The van der Waals surface area contributed by atoms with E-state index in [1.54, 1.807) is 12.3 Å². The molecule has 0 amide bonds. The topological polar surface area (TPSA) is 88.9 Å². The van der Waals surface area contributed by atoms with Crippen molar-refractivity contribution in [2.45, 2.75) is 0 Å². The number of H-pyrrole nitrogens is 1. The number of aromatic amines is 1. The van der Waals surface area contributed by atoms with Gasteiger partial charge in [0.05, 0.1) is 5.52 Å². The predicted molar refractivity (Wildman–Crippen MR) is 66.5 cm³/mol. The Bertz CT molecular complexity index is 839. The number of hydrogen-bond donors (Lipinski definition) is 1. The van der Waals surface area contributed by atoms with Gasteiger partial charge in [-0.3, -0.25) is 4.79 Å². The van der Waals surface area contributed by atoms with E-state index < -0.39 is 16.2 Å². The molecule has 1 N–H and O–H groups in total. The summed E-state index contributed by atoms with van der Waals surface area (Å²) < 4.78 is 0. The second-order valence-corrected chi connectivity index (χ2v) is 3.84. The van der Waals surface area contributed by atoms with Crippen molar-refractivity contribution in [1.82, 2.24) is 9.97 Å². The van der Waals surface area contributed by atoms with Crippen LogP contribution in [0.5, 0.6) is 0 Å². The third-order valence-electron chi connectivity index (χ3n) is 2.74. The van der Waals surface area contributed by atoms with Gasteiger partial charge in [-0.1, -0.05) is 12.1 Å². The third kappa shape index (κ3) is 1.43. The lowest BCUT2D eigenvalue weighted by Crippen LogP contribution is -2.09. The van der Waals surface area contributed by atoms with Crippen LogP contribution in [0.2, 0.25) is 0 Å². The number of fused-ring (bicyclic) bond motifs is 3. The minimum absolute atomic E-state index is 0.430. The van der Waals surface area contributed by atoms with E-state index in [0.29, 0.717) is 16.4 Å². The predicted octanol–water partition coefficient (Wildman–Crippen LogP) is 1.98. The molecule has 0 spiro atoms. The molecule has 0 atom stereocenters. The van der Waals surface area contributed by atoms with Gasteiger partial charge in [0.15, 0.2) is 0 Å². The summed E-state index contributed by atoms with van der Waals surface area (Å²) >= 11 is 0. The highest BCUT2D eigenvalue weighted by molar-refractivity contribution is 6.02. The van der Waals surface area contributed by atoms with Crippen LogP contribution in [-0.4, -0.2) is 14.9 Å². The van der Waals surface area contributed by atoms with Crippen LogP contribution in [0.15, 0.2) is 41.3 Å². The van der Waals surface area contributed by atoms with Crippen LogP contribution in [-0.2, 0) is 0 Å². The maximum absolute atomic E-state index is 11.5. The Morgan fingerprint density at radius 1 is 1.22 bits per heavy atom. The lowest BCUT2D eigenvalue weighted by Gasteiger charge is -1.99. The minimum atomic E-state index is -0.760. The molecule has 6 nitrogen and oxygen atoms in total. The zero-order chi connectivity index (χ0) is 12.7. The summed E-state index contributed by atoms with van der Waals surface area (Å²) in [5, 5.41) is 12.2. The summed E-state index contributed by atoms with van der Waals surface area (Å²) in [6, 6.07) is 8.49. The second kappa shape index (κ2) is 3.63. The summed E-state index contributed by atoms with van der Waals surface area (Å²) in [6.07, 6.45) is 1.71. The third-order valence-corrected chi connectivity index (χ3v) is 2.74. The highest BCUT2D eigenvalue weighted by atomic mass is 16.6. The number of nitrogens with one attached hydrogen (secondary N) is 1. The fraction of sp³-hybridized carbons (Fsp3) is 0. The maximum atomic E-state index is 11.5. The highest BCUT2D eigenvalue weighted by Crippen LogP contribution is 2.21. The zero-order valence-electron chi connectivity index (χ0n) is 9.08. The van der Waals surface area contributed by atoms with Crippen molar-refractivity contribution in [3.63, 3.8) is 0 Å². The smallest absolute Gasteiger partial charge is 0.358 e. The van der Waals surface area contributed by atoms with Crippen molar-refractivity contribution in [2.24, 2.45) is 0 Å². The number of rotatable bonds is 1. The van der Waals surface area contributed by atoms with E-state index >= 15 is 0 Å². The minimum Gasteiger partial charge on any atom is -0.358 e. The molecule has 0 saturated carbocycles. The second-order valence-electron chi connectivity index (χ2n) is 3.84. The van der Waals surface area contributed by atoms with E-state index in [1.165, 1.54) is 6.07 Å². The molecular formula is C12H7N3O3. The Labute approximate surface area is 100 Å². The number of benzene rings is 1. The van der Waals surface area contributed by atoms with Gasteiger partial charge in [-0.2, -0.15) is 0 Å². The maximum Gasteiger partial charge on any atom is 0.412 e. The number of aromatic nitrogens is 2. The highest BCUT2D eigenvalue weighted by Gasteiger charge is 2.17. The van der Waals surface area contributed by atoms with Gasteiger partial charge in [0.2, 0.25) is 5.52 Å². The first kappa shape index (κ1) is 10.4. The van der Waals surface area contributed by atoms with Crippen molar-refractivity contribution in [3.8, 4) is 0 Å². The molecule has 3 rings (SSSR count). The van der Waals surface area contributed by atoms with Gasteiger partial charge in [-0.15, -0.1) is 0 Å².